The van der Waals surface area contributed by atoms with Crippen LogP contribution in [0.5, 0.6) is 5.75 Å². The molecule has 0 aliphatic rings. The molecule has 0 aliphatic heterocycles. The Morgan fingerprint density at radius 2 is 1.62 bits per heavy atom. The Hall–Kier alpha value is -4.45. The minimum absolute atomic E-state index is 0.0921. The maximum absolute atomic E-state index is 12.8. The summed E-state index contributed by atoms with van der Waals surface area (Å²) in [5.74, 6) is 8.92. The zero-order valence-electron chi connectivity index (χ0n) is 19.5. The third-order valence-corrected chi connectivity index (χ3v) is 5.49. The number of hydrogen-bond donors (Lipinski definition) is 4. The monoisotopic (exact) mass is 524 g/mol. The zero-order chi connectivity index (χ0) is 26.9. The Kier molecular flexibility index (Phi) is 9.16. The van der Waals surface area contributed by atoms with Crippen molar-refractivity contribution in [2.45, 2.75) is 18.9 Å². The van der Waals surface area contributed by atoms with E-state index in [0.29, 0.717) is 11.3 Å². The number of benzene rings is 3. The molecule has 0 saturated carbocycles. The second kappa shape index (κ2) is 12.5. The largest absolute Gasteiger partial charge is 0.421 e. The standard InChI is InChI=1S/C25H25ClN6O5/c26-19-12-16(6-11-21(19)36-23(34)17-7-9-18(10-8-17)31-25(27)28)14-22(33)32(29)20(24(35)37-30)13-15-4-2-1-3-5-15/h1-12,20H,13-14,29-30H2,(H4,27,28,31)/t20-/m0/s1. The summed E-state index contributed by atoms with van der Waals surface area (Å²) >= 11 is 6.28. The molecule has 0 saturated heterocycles. The number of carbonyl (C=O) groups excluding carboxylic acids is 3. The fourth-order valence-electron chi connectivity index (χ4n) is 3.37. The van der Waals surface area contributed by atoms with Crippen LogP contribution >= 0.6 is 11.6 Å². The lowest BCUT2D eigenvalue weighted by molar-refractivity contribution is -0.155. The van der Waals surface area contributed by atoms with Gasteiger partial charge in [0.25, 0.3) is 0 Å². The second-order valence-electron chi connectivity index (χ2n) is 7.86. The highest BCUT2D eigenvalue weighted by Crippen LogP contribution is 2.27. The highest BCUT2D eigenvalue weighted by atomic mass is 35.5. The van der Waals surface area contributed by atoms with E-state index in [1.165, 1.54) is 24.3 Å². The van der Waals surface area contributed by atoms with Crippen LogP contribution in [0.25, 0.3) is 0 Å². The van der Waals surface area contributed by atoms with Crippen molar-refractivity contribution in [3.05, 3.63) is 94.5 Å². The summed E-state index contributed by atoms with van der Waals surface area (Å²) in [6, 6.07) is 18.4. The van der Waals surface area contributed by atoms with Crippen molar-refractivity contribution < 1.29 is 24.0 Å². The van der Waals surface area contributed by atoms with E-state index in [0.717, 1.165) is 10.6 Å². The quantitative estimate of drug-likeness (QED) is 0.0614. The van der Waals surface area contributed by atoms with Crippen LogP contribution in [-0.2, 0) is 27.3 Å². The van der Waals surface area contributed by atoms with Crippen LogP contribution < -0.4 is 27.9 Å². The van der Waals surface area contributed by atoms with E-state index in [4.69, 9.17) is 39.5 Å². The third-order valence-electron chi connectivity index (χ3n) is 5.20. The lowest BCUT2D eigenvalue weighted by Gasteiger charge is -2.25. The molecule has 0 spiro atoms. The minimum atomic E-state index is -1.13. The van der Waals surface area contributed by atoms with E-state index < -0.39 is 23.9 Å². The smallest absolute Gasteiger partial charge is 0.349 e. The van der Waals surface area contributed by atoms with Crippen LogP contribution in [0.2, 0.25) is 5.02 Å². The highest BCUT2D eigenvalue weighted by Gasteiger charge is 2.29. The van der Waals surface area contributed by atoms with Crippen molar-refractivity contribution in [1.82, 2.24) is 5.01 Å². The first-order valence-electron chi connectivity index (χ1n) is 10.9. The van der Waals surface area contributed by atoms with Crippen molar-refractivity contribution in [3.8, 4) is 5.75 Å². The van der Waals surface area contributed by atoms with Crippen molar-refractivity contribution in [3.63, 3.8) is 0 Å². The third kappa shape index (κ3) is 7.51. The number of ether oxygens (including phenoxy) is 1. The summed E-state index contributed by atoms with van der Waals surface area (Å²) < 4.78 is 5.36. The van der Waals surface area contributed by atoms with E-state index in [1.54, 1.807) is 42.5 Å². The van der Waals surface area contributed by atoms with Gasteiger partial charge in [0.1, 0.15) is 5.75 Å². The summed E-state index contributed by atoms with van der Waals surface area (Å²) in [6.07, 6.45) is -0.0679. The molecule has 12 heteroatoms. The minimum Gasteiger partial charge on any atom is -0.421 e. The van der Waals surface area contributed by atoms with Gasteiger partial charge in [0, 0.05) is 6.42 Å². The molecule has 3 aromatic rings. The Balaban J connectivity index is 1.67. The second-order valence-corrected chi connectivity index (χ2v) is 8.27. The predicted octanol–water partition coefficient (Wildman–Crippen LogP) is 1.74. The molecule has 1 atom stereocenters. The summed E-state index contributed by atoms with van der Waals surface area (Å²) in [5.41, 5.74) is 12.6. The SMILES string of the molecule is NOC(=O)[C@H](Cc1ccccc1)N(N)C(=O)Cc1ccc(OC(=O)c2ccc(N=C(N)N)cc2)c(Cl)c1. The average Bonchev–Trinajstić information content (AvgIpc) is 2.88. The molecule has 37 heavy (non-hydrogen) atoms. The molecular formula is C25H25ClN6O5. The van der Waals surface area contributed by atoms with E-state index in [9.17, 15) is 14.4 Å². The number of guanidine groups is 1. The molecule has 192 valence electrons. The predicted molar refractivity (Wildman–Crippen MR) is 137 cm³/mol. The number of hydrazine groups is 1. The van der Waals surface area contributed by atoms with Gasteiger partial charge in [-0.05, 0) is 47.5 Å². The van der Waals surface area contributed by atoms with Crippen LogP contribution in [0.4, 0.5) is 5.69 Å². The Morgan fingerprint density at radius 1 is 0.946 bits per heavy atom. The van der Waals surface area contributed by atoms with Crippen LogP contribution in [0.15, 0.2) is 77.8 Å². The number of amides is 1. The van der Waals surface area contributed by atoms with E-state index >= 15 is 0 Å². The lowest BCUT2D eigenvalue weighted by atomic mass is 10.0. The molecule has 0 aromatic heterocycles. The van der Waals surface area contributed by atoms with Crippen molar-refractivity contribution >= 4 is 41.1 Å². The number of nitrogens with two attached hydrogens (primary N) is 4. The van der Waals surface area contributed by atoms with Crippen LogP contribution in [0.1, 0.15) is 21.5 Å². The fourth-order valence-corrected chi connectivity index (χ4v) is 3.61. The number of carbonyl (C=O) groups is 3. The molecule has 8 N–H and O–H groups in total. The van der Waals surface area contributed by atoms with E-state index in [-0.39, 0.29) is 35.1 Å². The van der Waals surface area contributed by atoms with Gasteiger partial charge in [-0.2, -0.15) is 5.90 Å². The summed E-state index contributed by atoms with van der Waals surface area (Å²) in [6.45, 7) is 0. The van der Waals surface area contributed by atoms with Gasteiger partial charge in [-0.1, -0.05) is 48.0 Å². The van der Waals surface area contributed by atoms with Crippen molar-refractivity contribution in [2.75, 3.05) is 0 Å². The van der Waals surface area contributed by atoms with Gasteiger partial charge in [0.2, 0.25) is 5.91 Å². The van der Waals surface area contributed by atoms with Gasteiger partial charge in [-0.3, -0.25) is 9.80 Å². The molecule has 11 nitrogen and oxygen atoms in total. The average molecular weight is 525 g/mol. The number of nitrogens with zero attached hydrogens (tertiary/aromatic N) is 2. The van der Waals surface area contributed by atoms with Crippen LogP contribution in [-0.4, -0.2) is 34.9 Å². The fraction of sp³-hybridized carbons (Fsp3) is 0.120. The maximum atomic E-state index is 12.8. The van der Waals surface area contributed by atoms with Gasteiger partial charge >= 0.3 is 11.9 Å². The van der Waals surface area contributed by atoms with Crippen LogP contribution in [0, 0.1) is 0 Å². The molecule has 1 amide bonds. The molecule has 0 bridgehead atoms. The molecule has 0 unspecified atom stereocenters. The number of hydrogen-bond acceptors (Lipinski definition) is 8. The number of aliphatic imine (C=N–C) groups is 1. The summed E-state index contributed by atoms with van der Waals surface area (Å²) in [5, 5.41) is 0.886. The van der Waals surface area contributed by atoms with Gasteiger partial charge in [0.15, 0.2) is 12.0 Å². The number of rotatable bonds is 9. The molecule has 3 aromatic carbocycles. The molecule has 0 aliphatic carbocycles. The molecule has 0 radical (unpaired) electrons. The van der Waals surface area contributed by atoms with Crippen molar-refractivity contribution in [2.24, 2.45) is 28.2 Å². The number of esters is 1. The summed E-state index contributed by atoms with van der Waals surface area (Å²) in [7, 11) is 0. The Morgan fingerprint density at radius 3 is 2.22 bits per heavy atom. The first kappa shape index (κ1) is 27.1. The first-order valence-corrected chi connectivity index (χ1v) is 11.3. The summed E-state index contributed by atoms with van der Waals surface area (Å²) in [4.78, 5) is 45.7. The van der Waals surface area contributed by atoms with E-state index in [1.807, 2.05) is 6.07 Å². The first-order chi connectivity index (χ1) is 17.7. The molecule has 0 heterocycles. The molecule has 3 rings (SSSR count). The zero-order valence-corrected chi connectivity index (χ0v) is 20.3. The van der Waals surface area contributed by atoms with Crippen LogP contribution in [0.3, 0.4) is 0 Å². The van der Waals surface area contributed by atoms with Gasteiger partial charge in [-0.15, -0.1) is 0 Å². The normalized spacial score (nSPS) is 11.2. The lowest BCUT2D eigenvalue weighted by Crippen LogP contribution is -2.52. The van der Waals surface area contributed by atoms with Gasteiger partial charge < -0.3 is 21.0 Å². The molecular weight excluding hydrogens is 500 g/mol. The van der Waals surface area contributed by atoms with E-state index in [2.05, 4.69) is 9.83 Å². The topological polar surface area (TPSA) is 189 Å². The van der Waals surface area contributed by atoms with Crippen molar-refractivity contribution in [1.29, 1.82) is 0 Å². The molecule has 0 fully saturated rings. The maximum Gasteiger partial charge on any atom is 0.349 e. The number of halogens is 1. The highest BCUT2D eigenvalue weighted by molar-refractivity contribution is 6.32. The Labute approximate surface area is 217 Å². The van der Waals surface area contributed by atoms with Gasteiger partial charge in [0.05, 0.1) is 22.7 Å². The van der Waals surface area contributed by atoms with Gasteiger partial charge in [-0.25, -0.2) is 20.4 Å². The Bertz CT molecular complexity index is 1300.